The normalized spacial score (nSPS) is 11.2. The molecule has 0 saturated heterocycles. The van der Waals surface area contributed by atoms with Crippen LogP contribution in [-0.2, 0) is 0 Å². The second-order valence-electron chi connectivity index (χ2n) is 4.50. The molecule has 0 fully saturated rings. The van der Waals surface area contributed by atoms with Gasteiger partial charge >= 0.3 is 6.03 Å². The number of benzene rings is 1. The van der Waals surface area contributed by atoms with E-state index < -0.39 is 23.2 Å². The van der Waals surface area contributed by atoms with Crippen molar-refractivity contribution in [3.8, 4) is 0 Å². The third kappa shape index (κ3) is 4.48. The van der Waals surface area contributed by atoms with Gasteiger partial charge in [-0.3, -0.25) is 0 Å². The van der Waals surface area contributed by atoms with Crippen molar-refractivity contribution < 1.29 is 13.6 Å². The van der Waals surface area contributed by atoms with Crippen LogP contribution in [0.2, 0.25) is 0 Å². The standard InChI is InChI=1S/C13H19F2N3O/c1-3-13(16,4-2)8-17-12(19)18-11-6-5-9(14)7-10(11)15/h5-7H,3-4,8,16H2,1-2H3,(H2,17,18,19). The Bertz CT molecular complexity index is 448. The van der Waals surface area contributed by atoms with Crippen molar-refractivity contribution in [2.45, 2.75) is 32.2 Å². The van der Waals surface area contributed by atoms with Crippen LogP contribution in [0.1, 0.15) is 26.7 Å². The Balaban J connectivity index is 2.56. The number of urea groups is 1. The molecular weight excluding hydrogens is 252 g/mol. The molecule has 1 aromatic carbocycles. The van der Waals surface area contributed by atoms with Crippen molar-refractivity contribution in [3.05, 3.63) is 29.8 Å². The van der Waals surface area contributed by atoms with Gasteiger partial charge in [-0.2, -0.15) is 0 Å². The maximum atomic E-state index is 13.3. The van der Waals surface area contributed by atoms with Gasteiger partial charge in [-0.15, -0.1) is 0 Å². The van der Waals surface area contributed by atoms with Crippen molar-refractivity contribution in [3.63, 3.8) is 0 Å². The maximum Gasteiger partial charge on any atom is 0.319 e. The summed E-state index contributed by atoms with van der Waals surface area (Å²) in [6.45, 7) is 4.15. The number of amides is 2. The van der Waals surface area contributed by atoms with Crippen molar-refractivity contribution in [2.24, 2.45) is 5.73 Å². The summed E-state index contributed by atoms with van der Waals surface area (Å²) in [6, 6.07) is 2.38. The molecule has 4 N–H and O–H groups in total. The summed E-state index contributed by atoms with van der Waals surface area (Å²) in [5, 5.41) is 4.89. The smallest absolute Gasteiger partial charge is 0.319 e. The molecule has 0 radical (unpaired) electrons. The first-order valence-corrected chi connectivity index (χ1v) is 6.19. The van der Waals surface area contributed by atoms with Crippen LogP contribution in [0.4, 0.5) is 19.3 Å². The molecule has 19 heavy (non-hydrogen) atoms. The first-order valence-electron chi connectivity index (χ1n) is 6.19. The van der Waals surface area contributed by atoms with Gasteiger partial charge in [0.05, 0.1) is 5.69 Å². The Labute approximate surface area is 111 Å². The fourth-order valence-corrected chi connectivity index (χ4v) is 1.51. The minimum absolute atomic E-state index is 0.0745. The molecular formula is C13H19F2N3O. The molecule has 2 amide bonds. The van der Waals surface area contributed by atoms with Gasteiger partial charge in [0.1, 0.15) is 11.6 Å². The summed E-state index contributed by atoms with van der Waals surface area (Å²) in [7, 11) is 0. The molecule has 0 spiro atoms. The van der Waals surface area contributed by atoms with Crippen molar-refractivity contribution >= 4 is 11.7 Å². The highest BCUT2D eigenvalue weighted by atomic mass is 19.1. The van der Waals surface area contributed by atoms with Crippen molar-refractivity contribution in [1.29, 1.82) is 0 Å². The molecule has 0 aliphatic carbocycles. The number of rotatable bonds is 5. The van der Waals surface area contributed by atoms with Gasteiger partial charge in [-0.25, -0.2) is 13.6 Å². The number of nitrogens with two attached hydrogens (primary N) is 1. The summed E-state index contributed by atoms with van der Waals surface area (Å²) in [4.78, 5) is 11.6. The quantitative estimate of drug-likeness (QED) is 0.770. The number of hydrogen-bond acceptors (Lipinski definition) is 2. The van der Waals surface area contributed by atoms with E-state index in [-0.39, 0.29) is 12.2 Å². The number of halogens is 2. The van der Waals surface area contributed by atoms with Gasteiger partial charge in [-0.1, -0.05) is 13.8 Å². The van der Waals surface area contributed by atoms with Crippen LogP contribution < -0.4 is 16.4 Å². The molecule has 1 rings (SSSR count). The second kappa shape index (κ2) is 6.47. The minimum atomic E-state index is -0.819. The van der Waals surface area contributed by atoms with Gasteiger partial charge in [0.2, 0.25) is 0 Å². The van der Waals surface area contributed by atoms with Gasteiger partial charge in [0.25, 0.3) is 0 Å². The molecule has 6 heteroatoms. The molecule has 0 unspecified atom stereocenters. The monoisotopic (exact) mass is 271 g/mol. The summed E-state index contributed by atoms with van der Waals surface area (Å²) >= 11 is 0. The average molecular weight is 271 g/mol. The molecule has 0 saturated carbocycles. The van der Waals surface area contributed by atoms with Gasteiger partial charge in [0.15, 0.2) is 0 Å². The maximum absolute atomic E-state index is 13.3. The molecule has 0 heterocycles. The Hall–Kier alpha value is -1.69. The fraction of sp³-hybridized carbons (Fsp3) is 0.462. The predicted molar refractivity (Wildman–Crippen MR) is 70.9 cm³/mol. The van der Waals surface area contributed by atoms with Crippen LogP contribution in [0.5, 0.6) is 0 Å². The molecule has 0 aromatic heterocycles. The van der Waals surface area contributed by atoms with Crippen LogP contribution in [0.15, 0.2) is 18.2 Å². The highest BCUT2D eigenvalue weighted by molar-refractivity contribution is 5.89. The third-order valence-corrected chi connectivity index (χ3v) is 3.19. The van der Waals surface area contributed by atoms with E-state index in [0.717, 1.165) is 6.07 Å². The molecule has 1 aromatic rings. The molecule has 0 aliphatic heterocycles. The number of nitrogens with one attached hydrogen (secondary N) is 2. The first-order chi connectivity index (χ1) is 8.90. The topological polar surface area (TPSA) is 67.1 Å². The van der Waals surface area contributed by atoms with Crippen LogP contribution in [-0.4, -0.2) is 18.1 Å². The van der Waals surface area contributed by atoms with E-state index in [1.807, 2.05) is 13.8 Å². The van der Waals surface area contributed by atoms with E-state index in [1.165, 1.54) is 6.07 Å². The Kier molecular flexibility index (Phi) is 5.23. The van der Waals surface area contributed by atoms with Crippen molar-refractivity contribution in [1.82, 2.24) is 5.32 Å². The number of carbonyl (C=O) groups excluding carboxylic acids is 1. The zero-order chi connectivity index (χ0) is 14.5. The molecule has 0 bridgehead atoms. The Morgan fingerprint density at radius 3 is 2.47 bits per heavy atom. The van der Waals surface area contributed by atoms with Crippen LogP contribution in [0.25, 0.3) is 0 Å². The predicted octanol–water partition coefficient (Wildman–Crippen LogP) is 2.60. The van der Waals surface area contributed by atoms with E-state index in [0.29, 0.717) is 18.9 Å². The molecule has 0 aliphatic rings. The van der Waals surface area contributed by atoms with Crippen LogP contribution >= 0.6 is 0 Å². The summed E-state index contributed by atoms with van der Waals surface area (Å²) in [5.41, 5.74) is 5.47. The van der Waals surface area contributed by atoms with Crippen LogP contribution in [0.3, 0.4) is 0 Å². The van der Waals surface area contributed by atoms with E-state index in [9.17, 15) is 13.6 Å². The highest BCUT2D eigenvalue weighted by Gasteiger charge is 2.21. The zero-order valence-electron chi connectivity index (χ0n) is 11.1. The molecule has 0 atom stereocenters. The van der Waals surface area contributed by atoms with E-state index in [1.54, 1.807) is 0 Å². The summed E-state index contributed by atoms with van der Waals surface area (Å²) < 4.78 is 26.0. The van der Waals surface area contributed by atoms with E-state index in [2.05, 4.69) is 10.6 Å². The lowest BCUT2D eigenvalue weighted by Gasteiger charge is -2.26. The lowest BCUT2D eigenvalue weighted by atomic mass is 9.94. The SMILES string of the molecule is CCC(N)(CC)CNC(=O)Nc1ccc(F)cc1F. The summed E-state index contributed by atoms with van der Waals surface area (Å²) in [6.07, 6.45) is 1.43. The molecule has 106 valence electrons. The first kappa shape index (κ1) is 15.4. The molecule has 4 nitrogen and oxygen atoms in total. The lowest BCUT2D eigenvalue weighted by Crippen LogP contribution is -2.50. The lowest BCUT2D eigenvalue weighted by molar-refractivity contribution is 0.247. The largest absolute Gasteiger partial charge is 0.336 e. The minimum Gasteiger partial charge on any atom is -0.336 e. The van der Waals surface area contributed by atoms with E-state index >= 15 is 0 Å². The van der Waals surface area contributed by atoms with E-state index in [4.69, 9.17) is 5.73 Å². The average Bonchev–Trinajstić information content (AvgIpc) is 2.39. The highest BCUT2D eigenvalue weighted by Crippen LogP contribution is 2.15. The van der Waals surface area contributed by atoms with Gasteiger partial charge in [0, 0.05) is 18.2 Å². The second-order valence-corrected chi connectivity index (χ2v) is 4.50. The Morgan fingerprint density at radius 1 is 1.32 bits per heavy atom. The van der Waals surface area contributed by atoms with Crippen molar-refractivity contribution in [2.75, 3.05) is 11.9 Å². The fourth-order valence-electron chi connectivity index (χ4n) is 1.51. The number of carbonyl (C=O) groups is 1. The van der Waals surface area contributed by atoms with Crippen LogP contribution in [0, 0.1) is 11.6 Å². The number of hydrogen-bond donors (Lipinski definition) is 3. The van der Waals surface area contributed by atoms with Gasteiger partial charge in [-0.05, 0) is 25.0 Å². The Morgan fingerprint density at radius 2 is 1.95 bits per heavy atom. The summed E-state index contributed by atoms with van der Waals surface area (Å²) in [5.74, 6) is -1.51. The zero-order valence-corrected chi connectivity index (χ0v) is 11.1. The number of anilines is 1. The third-order valence-electron chi connectivity index (χ3n) is 3.19. The van der Waals surface area contributed by atoms with Gasteiger partial charge < -0.3 is 16.4 Å².